The summed E-state index contributed by atoms with van der Waals surface area (Å²) in [4.78, 5) is 21.6. The second-order valence-electron chi connectivity index (χ2n) is 4.12. The van der Waals surface area contributed by atoms with Gasteiger partial charge in [0.25, 0.3) is 5.91 Å². The highest BCUT2D eigenvalue weighted by Gasteiger charge is 2.08. The number of carbonyl (C=O) groups is 1. The van der Waals surface area contributed by atoms with Crippen LogP contribution in [-0.2, 0) is 0 Å². The minimum atomic E-state index is -0.319. The van der Waals surface area contributed by atoms with Crippen molar-refractivity contribution in [3.05, 3.63) is 47.5 Å². The lowest BCUT2D eigenvalue weighted by Crippen LogP contribution is -2.15. The lowest BCUT2D eigenvalue weighted by atomic mass is 10.2. The van der Waals surface area contributed by atoms with Crippen LogP contribution in [0.4, 0.5) is 11.4 Å². The summed E-state index contributed by atoms with van der Waals surface area (Å²) in [6, 6.07) is 7.52. The molecule has 0 unspecified atom stereocenters. The van der Waals surface area contributed by atoms with Gasteiger partial charge in [0.15, 0.2) is 0 Å². The number of nitrogens with one attached hydrogen (secondary N) is 1. The highest BCUT2D eigenvalue weighted by atomic mass is 35.5. The van der Waals surface area contributed by atoms with Gasteiger partial charge in [-0.3, -0.25) is 4.79 Å². The van der Waals surface area contributed by atoms with E-state index in [0.29, 0.717) is 5.69 Å². The van der Waals surface area contributed by atoms with Crippen molar-refractivity contribution >= 4 is 28.9 Å². The van der Waals surface area contributed by atoms with E-state index in [1.165, 1.54) is 12.4 Å². The van der Waals surface area contributed by atoms with Crippen LogP contribution >= 0.6 is 11.6 Å². The van der Waals surface area contributed by atoms with Crippen molar-refractivity contribution in [3.63, 3.8) is 0 Å². The average Bonchev–Trinajstić information content (AvgIpc) is 2.39. The van der Waals surface area contributed by atoms with E-state index in [0.717, 1.165) is 5.69 Å². The second kappa shape index (κ2) is 5.67. The molecule has 1 aromatic heterocycles. The molecule has 0 atom stereocenters. The predicted octanol–water partition coefficient (Wildman–Crippen LogP) is 2.45. The molecule has 6 heteroatoms. The van der Waals surface area contributed by atoms with E-state index in [1.54, 1.807) is 0 Å². The Morgan fingerprint density at radius 1 is 1.26 bits per heavy atom. The molecular weight excluding hydrogens is 264 g/mol. The van der Waals surface area contributed by atoms with Gasteiger partial charge in [-0.15, -0.1) is 0 Å². The molecule has 0 radical (unpaired) electrons. The number of rotatable bonds is 3. The monoisotopic (exact) mass is 276 g/mol. The van der Waals surface area contributed by atoms with E-state index in [2.05, 4.69) is 15.3 Å². The van der Waals surface area contributed by atoms with E-state index < -0.39 is 0 Å². The number of halogens is 1. The summed E-state index contributed by atoms with van der Waals surface area (Å²) >= 11 is 5.62. The van der Waals surface area contributed by atoms with Gasteiger partial charge in [0, 0.05) is 25.5 Å². The van der Waals surface area contributed by atoms with Crippen LogP contribution in [0.3, 0.4) is 0 Å². The number of benzene rings is 1. The SMILES string of the molecule is CN(C)c1cccc(NC(=O)c2cnc(Cl)cn2)c1. The fourth-order valence-electron chi connectivity index (χ4n) is 1.49. The first-order valence-electron chi connectivity index (χ1n) is 5.62. The smallest absolute Gasteiger partial charge is 0.275 e. The lowest BCUT2D eigenvalue weighted by Gasteiger charge is -2.13. The summed E-state index contributed by atoms with van der Waals surface area (Å²) < 4.78 is 0. The van der Waals surface area contributed by atoms with Gasteiger partial charge in [-0.25, -0.2) is 9.97 Å². The molecule has 0 bridgehead atoms. The second-order valence-corrected chi connectivity index (χ2v) is 4.51. The van der Waals surface area contributed by atoms with Crippen LogP contribution in [0.5, 0.6) is 0 Å². The van der Waals surface area contributed by atoms with E-state index in [4.69, 9.17) is 11.6 Å². The third kappa shape index (κ3) is 3.42. The lowest BCUT2D eigenvalue weighted by molar-refractivity contribution is 0.102. The molecule has 0 aliphatic carbocycles. The van der Waals surface area contributed by atoms with Gasteiger partial charge in [0.05, 0.1) is 12.4 Å². The zero-order valence-corrected chi connectivity index (χ0v) is 11.3. The summed E-state index contributed by atoms with van der Waals surface area (Å²) in [6.45, 7) is 0. The molecule has 19 heavy (non-hydrogen) atoms. The molecular formula is C13H13ClN4O. The van der Waals surface area contributed by atoms with Crippen molar-refractivity contribution in [2.24, 2.45) is 0 Å². The first kappa shape index (κ1) is 13.3. The number of carbonyl (C=O) groups excluding carboxylic acids is 1. The van der Waals surface area contributed by atoms with Crippen LogP contribution in [0.25, 0.3) is 0 Å². The summed E-state index contributed by atoms with van der Waals surface area (Å²) in [7, 11) is 3.87. The maximum absolute atomic E-state index is 11.9. The van der Waals surface area contributed by atoms with Gasteiger partial charge >= 0.3 is 0 Å². The molecule has 2 rings (SSSR count). The quantitative estimate of drug-likeness (QED) is 0.935. The molecule has 0 saturated carbocycles. The number of amides is 1. The topological polar surface area (TPSA) is 58.1 Å². The molecule has 0 spiro atoms. The summed E-state index contributed by atoms with van der Waals surface area (Å²) in [5, 5.41) is 3.02. The molecule has 98 valence electrons. The van der Waals surface area contributed by atoms with E-state index >= 15 is 0 Å². The van der Waals surface area contributed by atoms with Crippen LogP contribution in [0.1, 0.15) is 10.5 Å². The number of aromatic nitrogens is 2. The van der Waals surface area contributed by atoms with Crippen molar-refractivity contribution in [1.82, 2.24) is 9.97 Å². The van der Waals surface area contributed by atoms with Crippen LogP contribution in [-0.4, -0.2) is 30.0 Å². The van der Waals surface area contributed by atoms with Crippen molar-refractivity contribution in [3.8, 4) is 0 Å². The molecule has 1 amide bonds. The number of hydrogen-bond donors (Lipinski definition) is 1. The maximum atomic E-state index is 11.9. The van der Waals surface area contributed by atoms with Crippen LogP contribution in [0, 0.1) is 0 Å². The minimum Gasteiger partial charge on any atom is -0.378 e. The maximum Gasteiger partial charge on any atom is 0.275 e. The number of hydrogen-bond acceptors (Lipinski definition) is 4. The minimum absolute atomic E-state index is 0.222. The fourth-order valence-corrected chi connectivity index (χ4v) is 1.58. The first-order chi connectivity index (χ1) is 9.06. The van der Waals surface area contributed by atoms with Crippen LogP contribution < -0.4 is 10.2 Å². The Kier molecular flexibility index (Phi) is 3.97. The van der Waals surface area contributed by atoms with Gasteiger partial charge in [-0.2, -0.15) is 0 Å². The van der Waals surface area contributed by atoms with Crippen molar-refractivity contribution < 1.29 is 4.79 Å². The van der Waals surface area contributed by atoms with E-state index in [9.17, 15) is 4.79 Å². The first-order valence-corrected chi connectivity index (χ1v) is 6.00. The third-order valence-corrected chi connectivity index (χ3v) is 2.67. The number of nitrogens with zero attached hydrogens (tertiary/aromatic N) is 3. The summed E-state index contributed by atoms with van der Waals surface area (Å²) in [6.07, 6.45) is 2.68. The Hall–Kier alpha value is -2.14. The van der Waals surface area contributed by atoms with Gasteiger partial charge in [-0.05, 0) is 18.2 Å². The van der Waals surface area contributed by atoms with Gasteiger partial charge in [-0.1, -0.05) is 17.7 Å². The molecule has 5 nitrogen and oxygen atoms in total. The zero-order valence-electron chi connectivity index (χ0n) is 10.6. The van der Waals surface area contributed by atoms with E-state index in [-0.39, 0.29) is 16.8 Å². The van der Waals surface area contributed by atoms with Crippen molar-refractivity contribution in [2.45, 2.75) is 0 Å². The Balaban J connectivity index is 2.14. The Labute approximate surface area is 116 Å². The molecule has 1 heterocycles. The zero-order chi connectivity index (χ0) is 13.8. The standard InChI is InChI=1S/C13H13ClN4O/c1-18(2)10-5-3-4-9(6-10)17-13(19)11-7-16-12(14)8-15-11/h3-8H,1-2H3,(H,17,19). The Morgan fingerprint density at radius 2 is 2.05 bits per heavy atom. The van der Waals surface area contributed by atoms with Crippen LogP contribution in [0.2, 0.25) is 5.15 Å². The third-order valence-electron chi connectivity index (χ3n) is 2.47. The van der Waals surface area contributed by atoms with Crippen molar-refractivity contribution in [1.29, 1.82) is 0 Å². The molecule has 0 saturated heterocycles. The molecule has 1 N–H and O–H groups in total. The van der Waals surface area contributed by atoms with Crippen molar-refractivity contribution in [2.75, 3.05) is 24.3 Å². The molecule has 0 fully saturated rings. The van der Waals surface area contributed by atoms with Gasteiger partial charge in [0.2, 0.25) is 0 Å². The highest BCUT2D eigenvalue weighted by Crippen LogP contribution is 2.17. The number of anilines is 2. The molecule has 0 aliphatic rings. The van der Waals surface area contributed by atoms with Crippen LogP contribution in [0.15, 0.2) is 36.7 Å². The normalized spacial score (nSPS) is 10.1. The Bertz CT molecular complexity index is 583. The largest absolute Gasteiger partial charge is 0.378 e. The molecule has 0 aliphatic heterocycles. The van der Waals surface area contributed by atoms with E-state index in [1.807, 2.05) is 43.3 Å². The Morgan fingerprint density at radius 3 is 2.68 bits per heavy atom. The predicted molar refractivity (Wildman–Crippen MR) is 75.8 cm³/mol. The molecule has 1 aromatic carbocycles. The van der Waals surface area contributed by atoms with Gasteiger partial charge < -0.3 is 10.2 Å². The average molecular weight is 277 g/mol. The molecule has 2 aromatic rings. The fraction of sp³-hybridized carbons (Fsp3) is 0.154. The summed E-state index contributed by atoms with van der Waals surface area (Å²) in [5.74, 6) is -0.319. The highest BCUT2D eigenvalue weighted by molar-refractivity contribution is 6.29. The summed E-state index contributed by atoms with van der Waals surface area (Å²) in [5.41, 5.74) is 1.92. The van der Waals surface area contributed by atoms with Gasteiger partial charge in [0.1, 0.15) is 10.8 Å².